The number of rotatable bonds is 5. The maximum atomic E-state index is 14.1. The van der Waals surface area contributed by atoms with Gasteiger partial charge in [0.2, 0.25) is 5.75 Å². The summed E-state index contributed by atoms with van der Waals surface area (Å²) in [6.07, 6.45) is 0. The van der Waals surface area contributed by atoms with E-state index in [1.807, 2.05) is 0 Å². The number of aliphatic hydroxyl groups excluding tert-OH is 1. The fourth-order valence-electron chi connectivity index (χ4n) is 2.54. The van der Waals surface area contributed by atoms with E-state index >= 15 is 0 Å². The van der Waals surface area contributed by atoms with E-state index in [0.717, 1.165) is 27.7 Å². The molecule has 0 bridgehead atoms. The molecule has 0 aliphatic rings. The molecule has 0 saturated carbocycles. The predicted octanol–water partition coefficient (Wildman–Crippen LogP) is 3.70. The van der Waals surface area contributed by atoms with Crippen LogP contribution in [0.15, 0.2) is 35.9 Å². The van der Waals surface area contributed by atoms with Crippen molar-refractivity contribution in [1.82, 2.24) is 5.01 Å². The summed E-state index contributed by atoms with van der Waals surface area (Å²) in [4.78, 5) is 22.9. The number of hydrazine groups is 1. The Kier molecular flexibility index (Phi) is 6.49. The number of carbonyl (C=O) groups excluding carboxylic acids is 1. The number of nitro benzene ring substituents is 1. The maximum Gasteiger partial charge on any atom is 0.313 e. The van der Waals surface area contributed by atoms with Gasteiger partial charge < -0.3 is 10.2 Å². The molecule has 2 rings (SSSR count). The lowest BCUT2D eigenvalue weighted by Crippen LogP contribution is -2.42. The molecule has 2 aromatic rings. The Balaban J connectivity index is 2.51. The number of amides is 1. The van der Waals surface area contributed by atoms with E-state index in [1.165, 1.54) is 32.3 Å². The van der Waals surface area contributed by atoms with Gasteiger partial charge in [-0.3, -0.25) is 24.9 Å². The van der Waals surface area contributed by atoms with Crippen LogP contribution in [-0.4, -0.2) is 40.1 Å². The Morgan fingerprint density at radius 2 is 1.93 bits per heavy atom. The van der Waals surface area contributed by atoms with E-state index in [1.54, 1.807) is 13.0 Å². The number of nitrogens with zero attached hydrogens (tertiary/aromatic N) is 4. The third-order valence-corrected chi connectivity index (χ3v) is 4.56. The normalized spacial score (nSPS) is 11.3. The van der Waals surface area contributed by atoms with Gasteiger partial charge in [0.15, 0.2) is 5.57 Å². The van der Waals surface area contributed by atoms with Crippen molar-refractivity contribution in [3.63, 3.8) is 0 Å². The molecule has 0 radical (unpaired) electrons. The molecule has 2 N–H and O–H groups in total. The molecule has 30 heavy (non-hydrogen) atoms. The Labute approximate surface area is 175 Å². The number of aromatic hydroxyl groups is 1. The van der Waals surface area contributed by atoms with Crippen molar-refractivity contribution in [3.8, 4) is 11.8 Å². The number of hydrogen-bond donors (Lipinski definition) is 2. The lowest BCUT2D eigenvalue weighted by Gasteiger charge is -2.30. The first-order valence-electron chi connectivity index (χ1n) is 8.28. The highest BCUT2D eigenvalue weighted by Crippen LogP contribution is 2.37. The van der Waals surface area contributed by atoms with Crippen LogP contribution in [0.4, 0.5) is 15.8 Å². The van der Waals surface area contributed by atoms with Crippen molar-refractivity contribution < 1.29 is 24.3 Å². The molecule has 0 heterocycles. The van der Waals surface area contributed by atoms with Crippen molar-refractivity contribution in [2.24, 2.45) is 0 Å². The average Bonchev–Trinajstić information content (AvgIpc) is 2.70. The second-order valence-corrected chi connectivity index (χ2v) is 6.63. The van der Waals surface area contributed by atoms with E-state index in [-0.39, 0.29) is 11.3 Å². The highest BCUT2D eigenvalue weighted by atomic mass is 35.5. The summed E-state index contributed by atoms with van der Waals surface area (Å²) in [5.41, 5.74) is -1.14. The molecule has 0 aliphatic carbocycles. The fourth-order valence-corrected chi connectivity index (χ4v) is 2.75. The van der Waals surface area contributed by atoms with Crippen LogP contribution in [-0.2, 0) is 4.79 Å². The number of halogens is 2. The number of hydrogen-bond acceptors (Lipinski definition) is 7. The van der Waals surface area contributed by atoms with Crippen LogP contribution >= 0.6 is 11.6 Å². The zero-order valence-corrected chi connectivity index (χ0v) is 16.8. The van der Waals surface area contributed by atoms with Gasteiger partial charge in [-0.25, -0.2) is 4.39 Å². The number of anilines is 1. The summed E-state index contributed by atoms with van der Waals surface area (Å²) >= 11 is 5.74. The summed E-state index contributed by atoms with van der Waals surface area (Å²) in [6, 6.07) is 7.52. The molecule has 0 atom stereocenters. The van der Waals surface area contributed by atoms with E-state index in [4.69, 9.17) is 11.6 Å². The van der Waals surface area contributed by atoms with Crippen molar-refractivity contribution >= 4 is 34.6 Å². The highest BCUT2D eigenvalue weighted by Gasteiger charge is 2.27. The number of benzene rings is 2. The van der Waals surface area contributed by atoms with Gasteiger partial charge in [0.25, 0.3) is 5.91 Å². The van der Waals surface area contributed by atoms with Crippen LogP contribution < -0.4 is 5.01 Å². The lowest BCUT2D eigenvalue weighted by molar-refractivity contribution is -0.385. The SMILES string of the molecule is Cc1ccc(F)c(N(C)N(C)C(=O)/C(C#N)=C(\O)c2cc(Cl)c(O)c([N+](=O)[O-])c2)c1. The number of carbonyl (C=O) groups is 1. The lowest BCUT2D eigenvalue weighted by atomic mass is 10.1. The van der Waals surface area contributed by atoms with Crippen LogP contribution in [0.5, 0.6) is 5.75 Å². The monoisotopic (exact) mass is 434 g/mol. The molecule has 0 aliphatic heterocycles. The van der Waals surface area contributed by atoms with Crippen molar-refractivity contribution in [3.05, 3.63) is 68.0 Å². The number of nitro groups is 1. The number of likely N-dealkylation sites (N-methyl/N-ethyl adjacent to an activating group) is 1. The molecule has 156 valence electrons. The van der Waals surface area contributed by atoms with Gasteiger partial charge in [-0.15, -0.1) is 0 Å². The molecule has 1 amide bonds. The van der Waals surface area contributed by atoms with Crippen LogP contribution in [0.2, 0.25) is 5.02 Å². The minimum absolute atomic E-state index is 0.0472. The summed E-state index contributed by atoms with van der Waals surface area (Å²) in [5, 5.41) is 42.1. The van der Waals surface area contributed by atoms with E-state index in [9.17, 15) is 34.8 Å². The minimum atomic E-state index is -1.01. The fraction of sp³-hybridized carbons (Fsp3) is 0.158. The largest absolute Gasteiger partial charge is 0.506 e. The van der Waals surface area contributed by atoms with E-state index in [0.29, 0.717) is 0 Å². The average molecular weight is 435 g/mol. The molecule has 9 nitrogen and oxygen atoms in total. The predicted molar refractivity (Wildman–Crippen MR) is 107 cm³/mol. The van der Waals surface area contributed by atoms with E-state index < -0.39 is 44.4 Å². The molecule has 0 unspecified atom stereocenters. The van der Waals surface area contributed by atoms with Crippen LogP contribution in [0, 0.1) is 34.2 Å². The Morgan fingerprint density at radius 1 is 1.30 bits per heavy atom. The summed E-state index contributed by atoms with van der Waals surface area (Å²) in [5.74, 6) is -3.34. The quantitative estimate of drug-likeness (QED) is 0.241. The zero-order valence-electron chi connectivity index (χ0n) is 16.1. The third-order valence-electron chi connectivity index (χ3n) is 4.27. The van der Waals surface area contributed by atoms with E-state index in [2.05, 4.69) is 0 Å². The number of nitriles is 1. The van der Waals surface area contributed by atoms with Gasteiger partial charge in [-0.2, -0.15) is 5.26 Å². The zero-order chi connectivity index (χ0) is 22.7. The molecule has 0 spiro atoms. The number of phenolic OH excluding ortho intramolecular Hbond substituents is 1. The molecule has 2 aromatic carbocycles. The van der Waals surface area contributed by atoms with Crippen molar-refractivity contribution in [2.45, 2.75) is 6.92 Å². The van der Waals surface area contributed by atoms with Crippen molar-refractivity contribution in [1.29, 1.82) is 5.26 Å². The van der Waals surface area contributed by atoms with Gasteiger partial charge >= 0.3 is 5.69 Å². The van der Waals surface area contributed by atoms with Crippen molar-refractivity contribution in [2.75, 3.05) is 19.1 Å². The summed E-state index contributed by atoms with van der Waals surface area (Å²) in [7, 11) is 2.63. The third kappa shape index (κ3) is 4.26. The molecule has 0 saturated heterocycles. The van der Waals surface area contributed by atoms with Crippen LogP contribution in [0.25, 0.3) is 5.76 Å². The second-order valence-electron chi connectivity index (χ2n) is 6.23. The second kappa shape index (κ2) is 8.67. The molecule has 0 fully saturated rings. The number of phenols is 1. The van der Waals surface area contributed by atoms with Gasteiger partial charge in [-0.1, -0.05) is 17.7 Å². The molecular formula is C19H16ClFN4O5. The molecular weight excluding hydrogens is 419 g/mol. The number of aryl methyl sites for hydroxylation is 1. The Bertz CT molecular complexity index is 1110. The Morgan fingerprint density at radius 3 is 2.50 bits per heavy atom. The first-order chi connectivity index (χ1) is 14.0. The Hall–Kier alpha value is -3.84. The van der Waals surface area contributed by atoms with Crippen LogP contribution in [0.3, 0.4) is 0 Å². The highest BCUT2D eigenvalue weighted by molar-refractivity contribution is 6.32. The molecule has 0 aromatic heterocycles. The van der Waals surface area contributed by atoms with Gasteiger partial charge in [0.05, 0.1) is 15.6 Å². The topological polar surface area (TPSA) is 131 Å². The molecule has 11 heteroatoms. The van der Waals surface area contributed by atoms with Crippen LogP contribution in [0.1, 0.15) is 11.1 Å². The van der Waals surface area contributed by atoms with Gasteiger partial charge in [0, 0.05) is 25.7 Å². The van der Waals surface area contributed by atoms with Gasteiger partial charge in [0.1, 0.15) is 17.6 Å². The standard InChI is InChI=1S/C19H16ClFN4O5/c1-10-4-5-14(21)15(6-10)23(2)24(3)19(28)12(9-22)17(26)11-7-13(20)18(27)16(8-11)25(29)30/h4-8,26-27H,1-3H3/b17-12-. The number of aliphatic hydroxyl groups is 1. The smallest absolute Gasteiger partial charge is 0.313 e. The first-order valence-corrected chi connectivity index (χ1v) is 8.65. The summed E-state index contributed by atoms with van der Waals surface area (Å²) < 4.78 is 14.1. The van der Waals surface area contributed by atoms with Gasteiger partial charge in [-0.05, 0) is 30.7 Å². The minimum Gasteiger partial charge on any atom is -0.506 e. The maximum absolute atomic E-state index is 14.1. The first kappa shape index (κ1) is 22.4. The summed E-state index contributed by atoms with van der Waals surface area (Å²) in [6.45, 7) is 1.73.